The molecule has 1 aliphatic rings. The molecule has 1 amide bonds. The first kappa shape index (κ1) is 15.6. The van der Waals surface area contributed by atoms with Gasteiger partial charge in [0.15, 0.2) is 0 Å². The van der Waals surface area contributed by atoms with Crippen molar-refractivity contribution in [3.63, 3.8) is 0 Å². The highest BCUT2D eigenvalue weighted by molar-refractivity contribution is 6.03. The Hall–Kier alpha value is -2.95. The van der Waals surface area contributed by atoms with Crippen LogP contribution in [0.4, 0.5) is 5.69 Å². The van der Waals surface area contributed by atoms with Gasteiger partial charge in [-0.05, 0) is 37.6 Å². The molecule has 0 aliphatic carbocycles. The molecule has 1 aliphatic heterocycles. The number of anilines is 1. The third kappa shape index (κ3) is 2.52. The first-order valence-electron chi connectivity index (χ1n) is 8.48. The summed E-state index contributed by atoms with van der Waals surface area (Å²) in [6.45, 7) is 4.46. The maximum Gasteiger partial charge on any atom is 0.261 e. The first-order chi connectivity index (χ1) is 12.1. The van der Waals surface area contributed by atoms with E-state index in [4.69, 9.17) is 0 Å². The fourth-order valence-electron chi connectivity index (χ4n) is 3.53. The molecule has 126 valence electrons. The van der Waals surface area contributed by atoms with Gasteiger partial charge in [0.1, 0.15) is 5.82 Å². The maximum absolute atomic E-state index is 12.8. The fourth-order valence-corrected chi connectivity index (χ4v) is 3.53. The van der Waals surface area contributed by atoms with Crippen molar-refractivity contribution in [1.29, 1.82) is 0 Å². The minimum absolute atomic E-state index is 0.0364. The summed E-state index contributed by atoms with van der Waals surface area (Å²) in [6, 6.07) is 13.3. The number of hydrogen-bond donors (Lipinski definition) is 1. The van der Waals surface area contributed by atoms with Gasteiger partial charge in [-0.15, -0.1) is 0 Å². The van der Waals surface area contributed by atoms with E-state index in [2.05, 4.69) is 10.3 Å². The molecule has 1 aromatic heterocycles. The summed E-state index contributed by atoms with van der Waals surface area (Å²) in [6.07, 6.45) is 0.413. The lowest BCUT2D eigenvalue weighted by Gasteiger charge is -2.15. The summed E-state index contributed by atoms with van der Waals surface area (Å²) < 4.78 is 1.67. The number of para-hydroxylation sites is 1. The predicted octanol–water partition coefficient (Wildman–Crippen LogP) is 3.00. The Morgan fingerprint density at radius 2 is 1.96 bits per heavy atom. The van der Waals surface area contributed by atoms with Gasteiger partial charge >= 0.3 is 0 Å². The molecule has 5 nitrogen and oxygen atoms in total. The zero-order chi connectivity index (χ0) is 17.6. The van der Waals surface area contributed by atoms with Gasteiger partial charge in [-0.3, -0.25) is 14.2 Å². The molecule has 3 aromatic rings. The highest BCUT2D eigenvalue weighted by Gasteiger charge is 2.32. The lowest BCUT2D eigenvalue weighted by molar-refractivity contribution is -0.117. The SMILES string of the molecule is CCn1c(C[C@@H]2C(=O)Nc3ccc(C)cc32)nc2ccccc2c1=O. The number of benzene rings is 2. The Morgan fingerprint density at radius 3 is 2.76 bits per heavy atom. The van der Waals surface area contributed by atoms with Gasteiger partial charge in [0.05, 0.1) is 16.8 Å². The van der Waals surface area contributed by atoms with Crippen LogP contribution < -0.4 is 10.9 Å². The number of nitrogens with one attached hydrogen (secondary N) is 1. The predicted molar refractivity (Wildman–Crippen MR) is 97.9 cm³/mol. The Bertz CT molecular complexity index is 1050. The molecule has 2 aromatic carbocycles. The fraction of sp³-hybridized carbons (Fsp3) is 0.250. The summed E-state index contributed by atoms with van der Waals surface area (Å²) in [5.41, 5.74) is 3.57. The van der Waals surface area contributed by atoms with Gasteiger partial charge in [0.25, 0.3) is 5.56 Å². The first-order valence-corrected chi connectivity index (χ1v) is 8.48. The van der Waals surface area contributed by atoms with Crippen LogP contribution in [-0.2, 0) is 17.8 Å². The molecule has 0 fully saturated rings. The minimum atomic E-state index is -0.319. The Kier molecular flexibility index (Phi) is 3.64. The molecule has 4 rings (SSSR count). The van der Waals surface area contributed by atoms with Crippen LogP contribution in [0.2, 0.25) is 0 Å². The Balaban J connectivity index is 1.83. The highest BCUT2D eigenvalue weighted by Crippen LogP contribution is 2.35. The van der Waals surface area contributed by atoms with Crippen LogP contribution in [0.1, 0.15) is 29.8 Å². The molecule has 5 heteroatoms. The number of carbonyl (C=O) groups excluding carboxylic acids is 1. The number of fused-ring (bicyclic) bond motifs is 2. The smallest absolute Gasteiger partial charge is 0.261 e. The van der Waals surface area contributed by atoms with E-state index >= 15 is 0 Å². The summed E-state index contributed by atoms with van der Waals surface area (Å²) in [5.74, 6) is 0.298. The number of hydrogen-bond acceptors (Lipinski definition) is 3. The Morgan fingerprint density at radius 1 is 1.16 bits per heavy atom. The minimum Gasteiger partial charge on any atom is -0.325 e. The number of carbonyl (C=O) groups is 1. The van der Waals surface area contributed by atoms with Crippen LogP contribution in [0, 0.1) is 6.92 Å². The van der Waals surface area contributed by atoms with E-state index in [-0.39, 0.29) is 17.4 Å². The van der Waals surface area contributed by atoms with Crippen molar-refractivity contribution in [2.24, 2.45) is 0 Å². The van der Waals surface area contributed by atoms with Crippen molar-refractivity contribution in [2.45, 2.75) is 32.7 Å². The summed E-state index contributed by atoms with van der Waals surface area (Å²) in [5, 5.41) is 3.54. The van der Waals surface area contributed by atoms with Crippen LogP contribution in [-0.4, -0.2) is 15.5 Å². The van der Waals surface area contributed by atoms with Crippen molar-refractivity contribution in [1.82, 2.24) is 9.55 Å². The third-order valence-corrected chi connectivity index (χ3v) is 4.80. The van der Waals surface area contributed by atoms with Crippen LogP contribution in [0.3, 0.4) is 0 Å². The lowest BCUT2D eigenvalue weighted by Crippen LogP contribution is -2.27. The van der Waals surface area contributed by atoms with Gasteiger partial charge in [-0.25, -0.2) is 4.98 Å². The van der Waals surface area contributed by atoms with Crippen molar-refractivity contribution in [3.8, 4) is 0 Å². The maximum atomic E-state index is 12.8. The quantitative estimate of drug-likeness (QED) is 0.801. The summed E-state index contributed by atoms with van der Waals surface area (Å²) >= 11 is 0. The third-order valence-electron chi connectivity index (χ3n) is 4.80. The molecule has 0 saturated heterocycles. The summed E-state index contributed by atoms with van der Waals surface area (Å²) in [4.78, 5) is 29.9. The number of aromatic nitrogens is 2. The van der Waals surface area contributed by atoms with E-state index in [9.17, 15) is 9.59 Å². The van der Waals surface area contributed by atoms with Gasteiger partial charge in [-0.2, -0.15) is 0 Å². The van der Waals surface area contributed by atoms with Crippen LogP contribution >= 0.6 is 0 Å². The van der Waals surface area contributed by atoms with E-state index in [0.29, 0.717) is 29.7 Å². The zero-order valence-electron chi connectivity index (χ0n) is 14.2. The topological polar surface area (TPSA) is 64.0 Å². The van der Waals surface area contributed by atoms with Gasteiger partial charge in [-0.1, -0.05) is 29.8 Å². The van der Waals surface area contributed by atoms with Crippen molar-refractivity contribution in [2.75, 3.05) is 5.32 Å². The average Bonchev–Trinajstić information content (AvgIpc) is 2.90. The lowest BCUT2D eigenvalue weighted by atomic mass is 9.95. The van der Waals surface area contributed by atoms with Crippen LogP contribution in [0.5, 0.6) is 0 Å². The van der Waals surface area contributed by atoms with Gasteiger partial charge in [0, 0.05) is 18.7 Å². The van der Waals surface area contributed by atoms with Crippen molar-refractivity contribution >= 4 is 22.5 Å². The highest BCUT2D eigenvalue weighted by atomic mass is 16.2. The molecular weight excluding hydrogens is 314 g/mol. The van der Waals surface area contributed by atoms with Crippen LogP contribution in [0.15, 0.2) is 47.3 Å². The second-order valence-electron chi connectivity index (χ2n) is 6.43. The molecule has 1 atom stereocenters. The largest absolute Gasteiger partial charge is 0.325 e. The summed E-state index contributed by atoms with van der Waals surface area (Å²) in [7, 11) is 0. The van der Waals surface area contributed by atoms with E-state index in [1.807, 2.05) is 50.2 Å². The average molecular weight is 333 g/mol. The number of amides is 1. The zero-order valence-corrected chi connectivity index (χ0v) is 14.2. The van der Waals surface area contributed by atoms with Crippen molar-refractivity contribution < 1.29 is 4.79 Å². The molecular formula is C20H19N3O2. The monoisotopic (exact) mass is 333 g/mol. The van der Waals surface area contributed by atoms with E-state index in [1.165, 1.54) is 0 Å². The van der Waals surface area contributed by atoms with E-state index in [1.54, 1.807) is 10.6 Å². The van der Waals surface area contributed by atoms with E-state index < -0.39 is 0 Å². The molecule has 1 N–H and O–H groups in total. The van der Waals surface area contributed by atoms with Crippen LogP contribution in [0.25, 0.3) is 10.9 Å². The van der Waals surface area contributed by atoms with Gasteiger partial charge in [0.2, 0.25) is 5.91 Å². The molecule has 0 radical (unpaired) electrons. The van der Waals surface area contributed by atoms with Gasteiger partial charge < -0.3 is 5.32 Å². The molecule has 0 bridgehead atoms. The second-order valence-corrected chi connectivity index (χ2v) is 6.43. The molecule has 0 unspecified atom stereocenters. The number of nitrogens with zero attached hydrogens (tertiary/aromatic N) is 2. The normalized spacial score (nSPS) is 16.1. The van der Waals surface area contributed by atoms with E-state index in [0.717, 1.165) is 16.8 Å². The van der Waals surface area contributed by atoms with Crippen molar-refractivity contribution in [3.05, 3.63) is 69.8 Å². The Labute approximate surface area is 145 Å². The number of rotatable bonds is 3. The standard InChI is InChI=1S/C20H19N3O2/c1-3-23-18(21-16-7-5-4-6-13(16)20(23)25)11-15-14-10-12(2)8-9-17(14)22-19(15)24/h4-10,15H,3,11H2,1-2H3,(H,22,24)/t15-/m0/s1. The molecule has 0 spiro atoms. The molecule has 25 heavy (non-hydrogen) atoms. The second kappa shape index (κ2) is 5.84. The molecule has 2 heterocycles. The number of aryl methyl sites for hydroxylation is 1. The molecule has 0 saturated carbocycles.